The maximum atomic E-state index is 12.7. The highest BCUT2D eigenvalue weighted by atomic mass is 16.5. The molecule has 5 rings (SSSR count). The Bertz CT molecular complexity index is 1210. The number of carbonyl (C=O) groups excluding carboxylic acids is 1. The normalized spacial score (nSPS) is 17.8. The second kappa shape index (κ2) is 6.98. The first-order valence-corrected chi connectivity index (χ1v) is 9.58. The van der Waals surface area contributed by atoms with Gasteiger partial charge >= 0.3 is 0 Å². The van der Waals surface area contributed by atoms with Crippen molar-refractivity contribution in [1.82, 2.24) is 24.1 Å². The predicted molar refractivity (Wildman–Crippen MR) is 110 cm³/mol. The average molecular weight is 390 g/mol. The van der Waals surface area contributed by atoms with E-state index in [1.165, 1.54) is 0 Å². The van der Waals surface area contributed by atoms with Gasteiger partial charge in [0.15, 0.2) is 0 Å². The standard InChI is InChI=1S/C21H22N6O2/c1-25-7-8-29-13-19(25)17-12-27-11-16(4-6-20(27)24-17)23-21(28)14-3-5-18-15(9-14)10-22-26(18)2/h3-6,9-12,19H,7-8,13H2,1-2H3,(H,23,28). The molecule has 4 heterocycles. The van der Waals surface area contributed by atoms with Gasteiger partial charge in [0, 0.05) is 36.9 Å². The quantitative estimate of drug-likeness (QED) is 0.582. The van der Waals surface area contributed by atoms with Crippen molar-refractivity contribution in [2.75, 3.05) is 32.1 Å². The summed E-state index contributed by atoms with van der Waals surface area (Å²) in [6.07, 6.45) is 5.65. The number of amides is 1. The number of benzene rings is 1. The van der Waals surface area contributed by atoms with E-state index in [1.54, 1.807) is 10.9 Å². The van der Waals surface area contributed by atoms with Crippen LogP contribution in [0.3, 0.4) is 0 Å². The van der Waals surface area contributed by atoms with Gasteiger partial charge in [-0.1, -0.05) is 0 Å². The number of fused-ring (bicyclic) bond motifs is 2. The SMILES string of the molecule is CN1CCOCC1c1cn2cc(NC(=O)c3ccc4c(cnn4C)c3)ccc2n1. The van der Waals surface area contributed by atoms with E-state index < -0.39 is 0 Å². The Morgan fingerprint density at radius 3 is 2.97 bits per heavy atom. The number of rotatable bonds is 3. The van der Waals surface area contributed by atoms with Crippen LogP contribution in [0.4, 0.5) is 5.69 Å². The fraction of sp³-hybridized carbons (Fsp3) is 0.286. The number of hydrogen-bond acceptors (Lipinski definition) is 5. The van der Waals surface area contributed by atoms with Crippen LogP contribution < -0.4 is 5.32 Å². The van der Waals surface area contributed by atoms with E-state index in [1.807, 2.05) is 54.2 Å². The zero-order chi connectivity index (χ0) is 20.0. The summed E-state index contributed by atoms with van der Waals surface area (Å²) in [5.74, 6) is -0.157. The molecule has 0 spiro atoms. The van der Waals surface area contributed by atoms with Crippen molar-refractivity contribution >= 4 is 28.1 Å². The molecule has 8 nitrogen and oxygen atoms in total. The van der Waals surface area contributed by atoms with E-state index in [0.29, 0.717) is 17.9 Å². The molecular weight excluding hydrogens is 368 g/mol. The fourth-order valence-corrected chi connectivity index (χ4v) is 3.75. The van der Waals surface area contributed by atoms with Crippen molar-refractivity contribution in [2.24, 2.45) is 7.05 Å². The van der Waals surface area contributed by atoms with E-state index >= 15 is 0 Å². The summed E-state index contributed by atoms with van der Waals surface area (Å²) in [5, 5.41) is 8.13. The molecule has 8 heteroatoms. The van der Waals surface area contributed by atoms with Gasteiger partial charge in [0.25, 0.3) is 5.91 Å². The number of nitrogens with zero attached hydrogens (tertiary/aromatic N) is 5. The van der Waals surface area contributed by atoms with E-state index in [9.17, 15) is 4.79 Å². The van der Waals surface area contributed by atoms with Crippen molar-refractivity contribution in [1.29, 1.82) is 0 Å². The molecule has 29 heavy (non-hydrogen) atoms. The van der Waals surface area contributed by atoms with E-state index in [-0.39, 0.29) is 11.9 Å². The highest BCUT2D eigenvalue weighted by Crippen LogP contribution is 2.23. The second-order valence-electron chi connectivity index (χ2n) is 7.42. The van der Waals surface area contributed by atoms with E-state index in [0.717, 1.165) is 35.4 Å². The Labute approximate surface area is 167 Å². The van der Waals surface area contributed by atoms with Crippen molar-refractivity contribution < 1.29 is 9.53 Å². The van der Waals surface area contributed by atoms with E-state index in [4.69, 9.17) is 9.72 Å². The number of nitrogens with one attached hydrogen (secondary N) is 1. The number of anilines is 1. The molecule has 1 fully saturated rings. The molecule has 0 bridgehead atoms. The molecule has 0 saturated carbocycles. The Kier molecular flexibility index (Phi) is 4.30. The Morgan fingerprint density at radius 1 is 1.21 bits per heavy atom. The monoisotopic (exact) mass is 390 g/mol. The largest absolute Gasteiger partial charge is 0.378 e. The molecule has 148 valence electrons. The lowest BCUT2D eigenvalue weighted by Gasteiger charge is -2.30. The number of aryl methyl sites for hydroxylation is 1. The first kappa shape index (κ1) is 17.8. The molecule has 1 unspecified atom stereocenters. The van der Waals surface area contributed by atoms with Crippen molar-refractivity contribution in [3.05, 3.63) is 60.2 Å². The second-order valence-corrected chi connectivity index (χ2v) is 7.42. The number of carbonyl (C=O) groups is 1. The lowest BCUT2D eigenvalue weighted by molar-refractivity contribution is 0.00369. The van der Waals surface area contributed by atoms with Gasteiger partial charge in [-0.25, -0.2) is 4.98 Å². The number of aromatic nitrogens is 4. The summed E-state index contributed by atoms with van der Waals surface area (Å²) < 4.78 is 9.34. The topological polar surface area (TPSA) is 76.7 Å². The molecule has 1 aliphatic rings. The fourth-order valence-electron chi connectivity index (χ4n) is 3.75. The minimum Gasteiger partial charge on any atom is -0.378 e. The van der Waals surface area contributed by atoms with Crippen LogP contribution in [0.1, 0.15) is 22.1 Å². The van der Waals surface area contributed by atoms with Gasteiger partial charge < -0.3 is 14.5 Å². The predicted octanol–water partition coefficient (Wildman–Crippen LogP) is 2.48. The molecule has 1 N–H and O–H groups in total. The Morgan fingerprint density at radius 2 is 2.10 bits per heavy atom. The summed E-state index contributed by atoms with van der Waals surface area (Å²) in [6.45, 7) is 2.28. The minimum absolute atomic E-state index is 0.146. The number of morpholine rings is 1. The summed E-state index contributed by atoms with van der Waals surface area (Å²) >= 11 is 0. The van der Waals surface area contributed by atoms with Gasteiger partial charge in [-0.2, -0.15) is 5.10 Å². The zero-order valence-corrected chi connectivity index (χ0v) is 16.4. The molecule has 1 saturated heterocycles. The molecule has 0 aliphatic carbocycles. The van der Waals surface area contributed by atoms with Crippen LogP contribution in [0.25, 0.3) is 16.6 Å². The van der Waals surface area contributed by atoms with Crippen LogP contribution in [0, 0.1) is 0 Å². The molecular formula is C21H22N6O2. The molecule has 1 atom stereocenters. The van der Waals surface area contributed by atoms with Crippen molar-refractivity contribution in [3.8, 4) is 0 Å². The van der Waals surface area contributed by atoms with Crippen molar-refractivity contribution in [3.63, 3.8) is 0 Å². The number of imidazole rings is 1. The smallest absolute Gasteiger partial charge is 0.255 e. The third-order valence-electron chi connectivity index (χ3n) is 5.47. The minimum atomic E-state index is -0.157. The Hall–Kier alpha value is -3.23. The molecule has 0 radical (unpaired) electrons. The number of hydrogen-bond donors (Lipinski definition) is 1. The van der Waals surface area contributed by atoms with Crippen molar-refractivity contribution in [2.45, 2.75) is 6.04 Å². The summed E-state index contributed by atoms with van der Waals surface area (Å²) in [4.78, 5) is 19.7. The van der Waals surface area contributed by atoms with Crippen LogP contribution in [-0.2, 0) is 11.8 Å². The number of likely N-dealkylation sites (N-methyl/N-ethyl adjacent to an activating group) is 1. The molecule has 1 aromatic carbocycles. The zero-order valence-electron chi connectivity index (χ0n) is 16.4. The lowest BCUT2D eigenvalue weighted by atomic mass is 10.1. The first-order valence-electron chi connectivity index (χ1n) is 9.58. The molecule has 3 aromatic heterocycles. The maximum absolute atomic E-state index is 12.7. The number of pyridine rings is 1. The summed E-state index contributed by atoms with van der Waals surface area (Å²) in [7, 11) is 3.97. The van der Waals surface area contributed by atoms with Gasteiger partial charge in [0.2, 0.25) is 0 Å². The summed E-state index contributed by atoms with van der Waals surface area (Å²) in [5.41, 5.74) is 4.11. The van der Waals surface area contributed by atoms with Gasteiger partial charge in [-0.05, 0) is 37.4 Å². The molecule has 1 amide bonds. The van der Waals surface area contributed by atoms with Crippen LogP contribution >= 0.6 is 0 Å². The van der Waals surface area contributed by atoms with Gasteiger partial charge in [-0.3, -0.25) is 14.4 Å². The van der Waals surface area contributed by atoms with Gasteiger partial charge in [-0.15, -0.1) is 0 Å². The first-order chi connectivity index (χ1) is 14.1. The third-order valence-corrected chi connectivity index (χ3v) is 5.47. The van der Waals surface area contributed by atoms with Gasteiger partial charge in [0.05, 0.1) is 42.4 Å². The summed E-state index contributed by atoms with van der Waals surface area (Å²) in [6, 6.07) is 9.50. The highest BCUT2D eigenvalue weighted by Gasteiger charge is 2.23. The number of ether oxygens (including phenoxy) is 1. The van der Waals surface area contributed by atoms with E-state index in [2.05, 4.69) is 22.4 Å². The molecule has 1 aliphatic heterocycles. The lowest BCUT2D eigenvalue weighted by Crippen LogP contribution is -2.36. The van der Waals surface area contributed by atoms with Gasteiger partial charge in [0.1, 0.15) is 5.65 Å². The molecule has 4 aromatic rings. The van der Waals surface area contributed by atoms with Crippen LogP contribution in [0.2, 0.25) is 0 Å². The average Bonchev–Trinajstić information content (AvgIpc) is 3.31. The maximum Gasteiger partial charge on any atom is 0.255 e. The van der Waals surface area contributed by atoms with Crippen LogP contribution in [0.15, 0.2) is 48.9 Å². The van der Waals surface area contributed by atoms with Crippen LogP contribution in [-0.4, -0.2) is 56.8 Å². The Balaban J connectivity index is 1.38. The van der Waals surface area contributed by atoms with Crippen LogP contribution in [0.5, 0.6) is 0 Å². The highest BCUT2D eigenvalue weighted by molar-refractivity contribution is 6.06. The third kappa shape index (κ3) is 3.26.